The van der Waals surface area contributed by atoms with Crippen LogP contribution in [-0.4, -0.2) is 58.9 Å². The van der Waals surface area contributed by atoms with E-state index in [1.807, 2.05) is 24.3 Å². The van der Waals surface area contributed by atoms with Gasteiger partial charge in [-0.05, 0) is 11.1 Å². The molecule has 1 aliphatic rings. The standard InChI is InChI=1S/C26H26N4O2S2/c31-23(27-13-21-15-30(11-12-32-21)14-19-7-3-1-4-8-19)17-34-26-24-22(20-9-5-2-6-10-20)16-33-25(24)28-18-29-26/h1-10,16,18,21H,11-15,17H2,(H,27,31). The van der Waals surface area contributed by atoms with E-state index < -0.39 is 0 Å². The third kappa shape index (κ3) is 5.64. The van der Waals surface area contributed by atoms with Crippen molar-refractivity contribution in [3.8, 4) is 11.1 Å². The molecule has 0 spiro atoms. The van der Waals surface area contributed by atoms with Gasteiger partial charge in [0.15, 0.2) is 0 Å². The molecule has 1 fully saturated rings. The summed E-state index contributed by atoms with van der Waals surface area (Å²) in [4.78, 5) is 24.8. The first-order chi connectivity index (χ1) is 16.8. The number of nitrogens with one attached hydrogen (secondary N) is 1. The molecule has 2 aromatic carbocycles. The van der Waals surface area contributed by atoms with E-state index in [0.717, 1.165) is 46.0 Å². The molecule has 1 saturated heterocycles. The van der Waals surface area contributed by atoms with Gasteiger partial charge in [0.1, 0.15) is 16.2 Å². The number of hydrogen-bond donors (Lipinski definition) is 1. The minimum absolute atomic E-state index is 0.00118. The molecule has 1 N–H and O–H groups in total. The van der Waals surface area contributed by atoms with Crippen LogP contribution >= 0.6 is 23.1 Å². The molecule has 1 unspecified atom stereocenters. The summed E-state index contributed by atoms with van der Waals surface area (Å²) in [5.74, 6) is 0.286. The third-order valence-corrected chi connectivity index (χ3v) is 7.63. The van der Waals surface area contributed by atoms with Gasteiger partial charge in [0, 0.05) is 37.1 Å². The molecule has 1 aliphatic heterocycles. The van der Waals surface area contributed by atoms with Crippen LogP contribution in [0.1, 0.15) is 5.56 Å². The molecule has 0 aliphatic carbocycles. The highest BCUT2D eigenvalue weighted by Gasteiger charge is 2.21. The molecule has 3 heterocycles. The van der Waals surface area contributed by atoms with Crippen molar-refractivity contribution in [1.82, 2.24) is 20.2 Å². The quantitative estimate of drug-likeness (QED) is 0.290. The van der Waals surface area contributed by atoms with Crippen molar-refractivity contribution in [2.24, 2.45) is 0 Å². The Hall–Kier alpha value is -2.78. The molecule has 174 valence electrons. The lowest BCUT2D eigenvalue weighted by molar-refractivity contribution is -0.119. The Bertz CT molecular complexity index is 1230. The largest absolute Gasteiger partial charge is 0.374 e. The van der Waals surface area contributed by atoms with Gasteiger partial charge in [-0.1, -0.05) is 72.4 Å². The second kappa shape index (κ2) is 11.1. The lowest BCUT2D eigenvalue weighted by Gasteiger charge is -2.33. The molecular weight excluding hydrogens is 464 g/mol. The smallest absolute Gasteiger partial charge is 0.230 e. The van der Waals surface area contributed by atoms with E-state index >= 15 is 0 Å². The Morgan fingerprint density at radius 1 is 1.12 bits per heavy atom. The van der Waals surface area contributed by atoms with Crippen molar-refractivity contribution in [3.63, 3.8) is 0 Å². The summed E-state index contributed by atoms with van der Waals surface area (Å²) in [6.07, 6.45) is 1.57. The Balaban J connectivity index is 1.16. The predicted octanol–water partition coefficient (Wildman–Crippen LogP) is 4.47. The number of carbonyl (C=O) groups is 1. The van der Waals surface area contributed by atoms with Crippen molar-refractivity contribution < 1.29 is 9.53 Å². The molecule has 2 aromatic heterocycles. The number of hydrogen-bond acceptors (Lipinski definition) is 7. The van der Waals surface area contributed by atoms with Gasteiger partial charge in [-0.25, -0.2) is 9.97 Å². The van der Waals surface area contributed by atoms with E-state index in [1.165, 1.54) is 17.3 Å². The van der Waals surface area contributed by atoms with Crippen molar-refractivity contribution >= 4 is 39.2 Å². The number of thioether (sulfide) groups is 1. The Kier molecular flexibility index (Phi) is 7.50. The second-order valence-electron chi connectivity index (χ2n) is 8.18. The molecule has 34 heavy (non-hydrogen) atoms. The number of ether oxygens (including phenoxy) is 1. The normalized spacial score (nSPS) is 16.5. The summed E-state index contributed by atoms with van der Waals surface area (Å²) < 4.78 is 5.89. The summed E-state index contributed by atoms with van der Waals surface area (Å²) in [7, 11) is 0. The van der Waals surface area contributed by atoms with Crippen LogP contribution in [0.2, 0.25) is 0 Å². The van der Waals surface area contributed by atoms with Gasteiger partial charge in [-0.15, -0.1) is 11.3 Å². The van der Waals surface area contributed by atoms with Crippen molar-refractivity contribution in [2.45, 2.75) is 17.7 Å². The van der Waals surface area contributed by atoms with E-state index in [-0.39, 0.29) is 12.0 Å². The molecule has 0 bridgehead atoms. The van der Waals surface area contributed by atoms with Gasteiger partial charge in [-0.3, -0.25) is 9.69 Å². The number of rotatable bonds is 8. The summed E-state index contributed by atoms with van der Waals surface area (Å²) in [5, 5.41) is 7.01. The van der Waals surface area contributed by atoms with Gasteiger partial charge in [0.25, 0.3) is 0 Å². The maximum atomic E-state index is 12.6. The van der Waals surface area contributed by atoms with Crippen LogP contribution in [0.25, 0.3) is 21.3 Å². The maximum absolute atomic E-state index is 12.6. The van der Waals surface area contributed by atoms with Gasteiger partial charge in [0.2, 0.25) is 5.91 Å². The summed E-state index contributed by atoms with van der Waals surface area (Å²) in [6, 6.07) is 20.7. The first-order valence-electron chi connectivity index (χ1n) is 11.3. The zero-order valence-electron chi connectivity index (χ0n) is 18.7. The van der Waals surface area contributed by atoms with E-state index in [0.29, 0.717) is 18.9 Å². The van der Waals surface area contributed by atoms with Gasteiger partial charge in [-0.2, -0.15) is 0 Å². The number of fused-ring (bicyclic) bond motifs is 1. The molecule has 1 amide bonds. The highest BCUT2D eigenvalue weighted by Crippen LogP contribution is 2.37. The summed E-state index contributed by atoms with van der Waals surface area (Å²) in [5.41, 5.74) is 3.53. The van der Waals surface area contributed by atoms with Crippen molar-refractivity contribution in [3.05, 3.63) is 77.9 Å². The van der Waals surface area contributed by atoms with E-state index in [9.17, 15) is 4.79 Å². The van der Waals surface area contributed by atoms with Crippen LogP contribution in [0.15, 0.2) is 77.4 Å². The number of morpholine rings is 1. The molecule has 0 radical (unpaired) electrons. The number of benzene rings is 2. The zero-order valence-corrected chi connectivity index (χ0v) is 20.4. The topological polar surface area (TPSA) is 67.4 Å². The molecule has 6 nitrogen and oxygen atoms in total. The summed E-state index contributed by atoms with van der Waals surface area (Å²) >= 11 is 3.05. The van der Waals surface area contributed by atoms with E-state index in [4.69, 9.17) is 4.74 Å². The van der Waals surface area contributed by atoms with Crippen LogP contribution in [0, 0.1) is 0 Å². The SMILES string of the molecule is O=C(CSc1ncnc2scc(-c3ccccc3)c12)NCC1CN(Cc2ccccc2)CCO1. The lowest BCUT2D eigenvalue weighted by Crippen LogP contribution is -2.47. The molecule has 0 saturated carbocycles. The van der Waals surface area contributed by atoms with E-state index in [2.05, 4.69) is 62.0 Å². The fraction of sp³-hybridized carbons (Fsp3) is 0.269. The van der Waals surface area contributed by atoms with Gasteiger partial charge < -0.3 is 10.1 Å². The number of thiophene rings is 1. The Labute approximate surface area is 207 Å². The van der Waals surface area contributed by atoms with Crippen LogP contribution < -0.4 is 5.32 Å². The number of carbonyl (C=O) groups excluding carboxylic acids is 1. The van der Waals surface area contributed by atoms with Crippen LogP contribution in [0.4, 0.5) is 0 Å². The van der Waals surface area contributed by atoms with Crippen molar-refractivity contribution in [1.29, 1.82) is 0 Å². The Morgan fingerprint density at radius 2 is 1.91 bits per heavy atom. The van der Waals surface area contributed by atoms with Crippen LogP contribution in [0.5, 0.6) is 0 Å². The first-order valence-corrected chi connectivity index (χ1v) is 13.2. The third-order valence-electron chi connectivity index (χ3n) is 5.76. The monoisotopic (exact) mass is 490 g/mol. The lowest BCUT2D eigenvalue weighted by atomic mass is 10.1. The predicted molar refractivity (Wildman–Crippen MR) is 138 cm³/mol. The Morgan fingerprint density at radius 3 is 2.74 bits per heavy atom. The average molecular weight is 491 g/mol. The van der Waals surface area contributed by atoms with Crippen molar-refractivity contribution in [2.75, 3.05) is 32.0 Å². The maximum Gasteiger partial charge on any atom is 0.230 e. The molecule has 4 aromatic rings. The molecule has 1 atom stereocenters. The van der Waals surface area contributed by atoms with Gasteiger partial charge in [0.05, 0.1) is 23.8 Å². The van der Waals surface area contributed by atoms with Gasteiger partial charge >= 0.3 is 0 Å². The minimum atomic E-state index is -0.0166. The number of aromatic nitrogens is 2. The first kappa shape index (κ1) is 23.0. The zero-order chi connectivity index (χ0) is 23.2. The fourth-order valence-corrected chi connectivity index (χ4v) is 5.91. The number of nitrogens with zero attached hydrogens (tertiary/aromatic N) is 3. The summed E-state index contributed by atoms with van der Waals surface area (Å²) in [6.45, 7) is 3.81. The molecular formula is C26H26N4O2S2. The van der Waals surface area contributed by atoms with Crippen LogP contribution in [-0.2, 0) is 16.1 Å². The molecule has 8 heteroatoms. The average Bonchev–Trinajstić information content (AvgIpc) is 3.33. The van der Waals surface area contributed by atoms with E-state index in [1.54, 1.807) is 17.7 Å². The highest BCUT2D eigenvalue weighted by molar-refractivity contribution is 8.00. The number of amides is 1. The fourth-order valence-electron chi connectivity index (χ4n) is 4.09. The molecule has 5 rings (SSSR count). The second-order valence-corrected chi connectivity index (χ2v) is 10.0. The highest BCUT2D eigenvalue weighted by atomic mass is 32.2. The van der Waals surface area contributed by atoms with Crippen LogP contribution in [0.3, 0.4) is 0 Å². The minimum Gasteiger partial charge on any atom is -0.374 e.